The highest BCUT2D eigenvalue weighted by atomic mass is 19.1. The second-order valence-corrected chi connectivity index (χ2v) is 5.27. The van der Waals surface area contributed by atoms with Crippen LogP contribution in [0.5, 0.6) is 0 Å². The minimum atomic E-state index is -0.348. The summed E-state index contributed by atoms with van der Waals surface area (Å²) in [5.41, 5.74) is 1.93. The number of hydrogen-bond donors (Lipinski definition) is 2. The third-order valence-electron chi connectivity index (χ3n) is 3.43. The van der Waals surface area contributed by atoms with Crippen molar-refractivity contribution in [2.75, 3.05) is 6.54 Å². The topological polar surface area (TPSA) is 57.8 Å². The first-order valence-corrected chi connectivity index (χ1v) is 7.46. The molecule has 122 valence electrons. The average Bonchev–Trinajstić information content (AvgIpc) is 2.95. The number of aromatic amines is 1. The summed E-state index contributed by atoms with van der Waals surface area (Å²) in [6.07, 6.45) is 3.39. The molecule has 0 unspecified atom stereocenters. The molecule has 0 aliphatic rings. The van der Waals surface area contributed by atoms with Gasteiger partial charge in [-0.15, -0.1) is 0 Å². The second kappa shape index (κ2) is 7.04. The van der Waals surface area contributed by atoms with E-state index >= 15 is 0 Å². The molecule has 1 aromatic heterocycles. The molecule has 6 heteroatoms. The summed E-state index contributed by atoms with van der Waals surface area (Å²) in [5, 5.41) is 2.72. The van der Waals surface area contributed by atoms with Gasteiger partial charge in [0.25, 0.3) is 0 Å². The largest absolute Gasteiger partial charge is 0.352 e. The molecule has 0 spiro atoms. The van der Waals surface area contributed by atoms with E-state index in [2.05, 4.69) is 15.3 Å². The average molecular weight is 327 g/mol. The maximum atomic E-state index is 13.1. The van der Waals surface area contributed by atoms with Crippen LogP contribution in [0.1, 0.15) is 11.4 Å². The van der Waals surface area contributed by atoms with E-state index in [1.165, 1.54) is 30.3 Å². The van der Waals surface area contributed by atoms with Crippen LogP contribution in [0.25, 0.3) is 17.1 Å². The van der Waals surface area contributed by atoms with Gasteiger partial charge in [0.1, 0.15) is 17.5 Å². The molecule has 0 saturated carbocycles. The summed E-state index contributed by atoms with van der Waals surface area (Å²) in [5.74, 6) is -0.279. The Hall–Kier alpha value is -3.02. The fourth-order valence-electron chi connectivity index (χ4n) is 2.30. The Morgan fingerprint density at radius 2 is 2.00 bits per heavy atom. The number of H-pyrrole nitrogens is 1. The summed E-state index contributed by atoms with van der Waals surface area (Å²) < 4.78 is 26.1. The van der Waals surface area contributed by atoms with E-state index in [0.29, 0.717) is 35.4 Å². The molecule has 0 bridgehead atoms. The fraction of sp³-hybridized carbons (Fsp3) is 0.111. The summed E-state index contributed by atoms with van der Waals surface area (Å²) >= 11 is 0. The fourth-order valence-corrected chi connectivity index (χ4v) is 2.30. The van der Waals surface area contributed by atoms with Gasteiger partial charge in [-0.25, -0.2) is 13.8 Å². The zero-order valence-electron chi connectivity index (χ0n) is 12.7. The quantitative estimate of drug-likeness (QED) is 0.707. The number of nitrogens with one attached hydrogen (secondary N) is 2. The van der Waals surface area contributed by atoms with Crippen molar-refractivity contribution in [2.24, 2.45) is 0 Å². The van der Waals surface area contributed by atoms with Gasteiger partial charge in [-0.2, -0.15) is 0 Å². The monoisotopic (exact) mass is 327 g/mol. The molecule has 24 heavy (non-hydrogen) atoms. The van der Waals surface area contributed by atoms with Crippen molar-refractivity contribution < 1.29 is 13.6 Å². The number of imidazole rings is 1. The molecule has 0 aliphatic carbocycles. The van der Waals surface area contributed by atoms with Gasteiger partial charge in [0.2, 0.25) is 5.91 Å². The maximum Gasteiger partial charge on any atom is 0.244 e. The van der Waals surface area contributed by atoms with Gasteiger partial charge in [-0.1, -0.05) is 12.1 Å². The van der Waals surface area contributed by atoms with Crippen molar-refractivity contribution in [3.8, 4) is 0 Å². The first-order chi connectivity index (χ1) is 11.6. The van der Waals surface area contributed by atoms with Crippen LogP contribution in [0.3, 0.4) is 0 Å². The molecule has 2 aromatic carbocycles. The predicted octanol–water partition coefficient (Wildman–Crippen LogP) is 3.21. The Kier molecular flexibility index (Phi) is 4.65. The molecule has 1 amide bonds. The Balaban J connectivity index is 1.52. The highest BCUT2D eigenvalue weighted by Gasteiger charge is 2.04. The first-order valence-electron chi connectivity index (χ1n) is 7.46. The molecule has 0 aliphatic heterocycles. The van der Waals surface area contributed by atoms with Crippen molar-refractivity contribution >= 4 is 23.0 Å². The van der Waals surface area contributed by atoms with Gasteiger partial charge in [0.15, 0.2) is 0 Å². The SMILES string of the molecule is O=C(/C=C/c1cccc(F)c1)NCCc1nc2ccc(F)cc2[nH]1. The molecule has 0 fully saturated rings. The number of carbonyl (C=O) groups excluding carboxylic acids is 1. The van der Waals surface area contributed by atoms with E-state index in [1.807, 2.05) is 0 Å². The van der Waals surface area contributed by atoms with Crippen LogP contribution in [0, 0.1) is 11.6 Å². The smallest absolute Gasteiger partial charge is 0.244 e. The number of halogens is 2. The van der Waals surface area contributed by atoms with Crippen LogP contribution in [0.15, 0.2) is 48.5 Å². The van der Waals surface area contributed by atoms with E-state index in [0.717, 1.165) is 0 Å². The summed E-state index contributed by atoms with van der Waals surface area (Å²) in [4.78, 5) is 19.1. The zero-order valence-corrected chi connectivity index (χ0v) is 12.7. The van der Waals surface area contributed by atoms with Crippen molar-refractivity contribution in [1.29, 1.82) is 0 Å². The van der Waals surface area contributed by atoms with E-state index in [1.54, 1.807) is 24.3 Å². The number of carbonyl (C=O) groups is 1. The Morgan fingerprint density at radius 3 is 2.83 bits per heavy atom. The van der Waals surface area contributed by atoms with Crippen molar-refractivity contribution in [2.45, 2.75) is 6.42 Å². The molecule has 3 rings (SSSR count). The molecule has 0 radical (unpaired) electrons. The van der Waals surface area contributed by atoms with Crippen molar-refractivity contribution in [1.82, 2.24) is 15.3 Å². The van der Waals surface area contributed by atoms with Crippen LogP contribution in [-0.4, -0.2) is 22.4 Å². The lowest BCUT2D eigenvalue weighted by atomic mass is 10.2. The third kappa shape index (κ3) is 4.04. The van der Waals surface area contributed by atoms with Gasteiger partial charge >= 0.3 is 0 Å². The van der Waals surface area contributed by atoms with Crippen LogP contribution in [0.4, 0.5) is 8.78 Å². The number of benzene rings is 2. The molecule has 2 N–H and O–H groups in total. The number of hydrogen-bond acceptors (Lipinski definition) is 2. The first kappa shape index (κ1) is 15.9. The highest BCUT2D eigenvalue weighted by molar-refractivity contribution is 5.91. The van der Waals surface area contributed by atoms with Crippen molar-refractivity contribution in [3.05, 3.63) is 71.6 Å². The maximum absolute atomic E-state index is 13.1. The lowest BCUT2D eigenvalue weighted by molar-refractivity contribution is -0.116. The van der Waals surface area contributed by atoms with Gasteiger partial charge in [-0.05, 0) is 42.0 Å². The molecule has 0 atom stereocenters. The van der Waals surface area contributed by atoms with E-state index < -0.39 is 0 Å². The van der Waals surface area contributed by atoms with E-state index in [-0.39, 0.29) is 17.5 Å². The molecular weight excluding hydrogens is 312 g/mol. The third-order valence-corrected chi connectivity index (χ3v) is 3.43. The Bertz CT molecular complexity index is 902. The Labute approximate surface area is 137 Å². The minimum Gasteiger partial charge on any atom is -0.352 e. The Morgan fingerprint density at radius 1 is 1.17 bits per heavy atom. The number of fused-ring (bicyclic) bond motifs is 1. The number of amides is 1. The van der Waals surface area contributed by atoms with Crippen LogP contribution in [0.2, 0.25) is 0 Å². The predicted molar refractivity (Wildman–Crippen MR) is 88.2 cm³/mol. The summed E-state index contributed by atoms with van der Waals surface area (Å²) in [6, 6.07) is 10.3. The zero-order chi connectivity index (χ0) is 16.9. The summed E-state index contributed by atoms with van der Waals surface area (Å²) in [7, 11) is 0. The van der Waals surface area contributed by atoms with Crippen molar-refractivity contribution in [3.63, 3.8) is 0 Å². The van der Waals surface area contributed by atoms with Gasteiger partial charge in [0.05, 0.1) is 11.0 Å². The summed E-state index contributed by atoms with van der Waals surface area (Å²) in [6.45, 7) is 0.384. The normalized spacial score (nSPS) is 11.2. The lowest BCUT2D eigenvalue weighted by Gasteiger charge is -2.00. The van der Waals surface area contributed by atoms with Gasteiger partial charge < -0.3 is 10.3 Å². The second-order valence-electron chi connectivity index (χ2n) is 5.27. The van der Waals surface area contributed by atoms with E-state index in [4.69, 9.17) is 0 Å². The van der Waals surface area contributed by atoms with E-state index in [9.17, 15) is 13.6 Å². The van der Waals surface area contributed by atoms with Gasteiger partial charge in [0, 0.05) is 19.0 Å². The highest BCUT2D eigenvalue weighted by Crippen LogP contribution is 2.13. The lowest BCUT2D eigenvalue weighted by Crippen LogP contribution is -2.23. The standard InChI is InChI=1S/C18H15F2N3O/c19-13-3-1-2-12(10-13)4-7-18(24)21-9-8-17-22-15-6-5-14(20)11-16(15)23-17/h1-7,10-11H,8-9H2,(H,21,24)(H,22,23)/b7-4+. The molecular formula is C18H15F2N3O. The van der Waals surface area contributed by atoms with Crippen LogP contribution in [-0.2, 0) is 11.2 Å². The number of nitrogens with zero attached hydrogens (tertiary/aromatic N) is 1. The molecule has 3 aromatic rings. The molecule has 4 nitrogen and oxygen atoms in total. The molecule has 0 saturated heterocycles. The number of aromatic nitrogens is 2. The number of rotatable bonds is 5. The minimum absolute atomic E-state index is 0.276. The van der Waals surface area contributed by atoms with Gasteiger partial charge in [-0.3, -0.25) is 4.79 Å². The van der Waals surface area contributed by atoms with Crippen LogP contribution < -0.4 is 5.32 Å². The van der Waals surface area contributed by atoms with Crippen LogP contribution >= 0.6 is 0 Å². The molecule has 1 heterocycles.